The topological polar surface area (TPSA) is 113 Å². The number of para-hydroxylation sites is 1. The third-order valence-electron chi connectivity index (χ3n) is 7.34. The van der Waals surface area contributed by atoms with E-state index in [2.05, 4.69) is 51.5 Å². The average Bonchev–Trinajstić information content (AvgIpc) is 3.57. The van der Waals surface area contributed by atoms with Crippen molar-refractivity contribution in [3.63, 3.8) is 0 Å². The first-order valence-electron chi connectivity index (χ1n) is 13.5. The molecule has 1 aromatic carbocycles. The molecule has 7 nitrogen and oxygen atoms in total. The summed E-state index contributed by atoms with van der Waals surface area (Å²) < 4.78 is 0. The zero-order valence-electron chi connectivity index (χ0n) is 21.8. The lowest BCUT2D eigenvalue weighted by atomic mass is 9.92. The summed E-state index contributed by atoms with van der Waals surface area (Å²) in [5, 5.41) is 5.58. The van der Waals surface area contributed by atoms with Crippen LogP contribution in [0.5, 0.6) is 0 Å². The summed E-state index contributed by atoms with van der Waals surface area (Å²) in [5.41, 5.74) is 14.7. The van der Waals surface area contributed by atoms with Crippen LogP contribution in [0.3, 0.4) is 0 Å². The first-order chi connectivity index (χ1) is 18.1. The predicted molar refractivity (Wildman–Crippen MR) is 153 cm³/mol. The number of nitrogens with two attached hydrogens (primary N) is 2. The number of aromatic nitrogens is 2. The Hall–Kier alpha value is -3.26. The molecule has 1 atom stereocenters. The van der Waals surface area contributed by atoms with Crippen LogP contribution in [0.4, 0.5) is 0 Å². The van der Waals surface area contributed by atoms with E-state index in [1.807, 2.05) is 12.1 Å². The maximum atomic E-state index is 13.1. The minimum atomic E-state index is -0.00735. The summed E-state index contributed by atoms with van der Waals surface area (Å²) in [6.45, 7) is 4.16. The maximum absolute atomic E-state index is 13.1. The number of H-pyrrole nitrogens is 1. The summed E-state index contributed by atoms with van der Waals surface area (Å²) in [5.74, 6) is 0.653. The molecule has 0 aliphatic carbocycles. The van der Waals surface area contributed by atoms with Gasteiger partial charge in [0.25, 0.3) is 5.91 Å². The van der Waals surface area contributed by atoms with E-state index >= 15 is 0 Å². The number of aromatic amines is 1. The smallest absolute Gasteiger partial charge is 0.263 e. The molecule has 1 fully saturated rings. The standard InChI is InChI=1S/C29H40N6OS/c1-2-3-6-23(17-22-19-32-26-8-5-4-7-25(22)26)34-29(36)27-20-33-28(37-27)10-9-21-12-15-35(16-13-21)24(18-31)11-14-30/h4-5,7-8,11,14,18-21,23,32H,2-3,6,9-10,12-13,15-17,30-31H2,1H3,(H,34,36)/b14-11-,24-18+. The lowest BCUT2D eigenvalue weighted by Crippen LogP contribution is -2.36. The Balaban J connectivity index is 1.29. The molecule has 198 valence electrons. The van der Waals surface area contributed by atoms with Gasteiger partial charge in [0, 0.05) is 42.4 Å². The van der Waals surface area contributed by atoms with Gasteiger partial charge < -0.3 is 26.7 Å². The molecule has 0 saturated carbocycles. The highest BCUT2D eigenvalue weighted by molar-refractivity contribution is 7.13. The minimum Gasteiger partial charge on any atom is -0.405 e. The number of thiazole rings is 1. The molecule has 37 heavy (non-hydrogen) atoms. The van der Waals surface area contributed by atoms with Crippen molar-refractivity contribution in [2.75, 3.05) is 13.1 Å². The quantitative estimate of drug-likeness (QED) is 0.249. The number of allylic oxidation sites excluding steroid dienone is 1. The Labute approximate surface area is 224 Å². The minimum absolute atomic E-state index is 0.00735. The summed E-state index contributed by atoms with van der Waals surface area (Å²) in [4.78, 5) is 24.1. The van der Waals surface area contributed by atoms with Gasteiger partial charge in [-0.3, -0.25) is 4.79 Å². The van der Waals surface area contributed by atoms with Crippen LogP contribution in [-0.2, 0) is 12.8 Å². The number of hydrogen-bond acceptors (Lipinski definition) is 6. The predicted octanol–water partition coefficient (Wildman–Crippen LogP) is 5.07. The van der Waals surface area contributed by atoms with Crippen molar-refractivity contribution in [3.8, 4) is 0 Å². The van der Waals surface area contributed by atoms with Crippen LogP contribution in [0.2, 0.25) is 0 Å². The Bertz CT molecular complexity index is 1200. The lowest BCUT2D eigenvalue weighted by Gasteiger charge is -2.34. The number of carbonyl (C=O) groups excluding carboxylic acids is 1. The number of aryl methyl sites for hydroxylation is 1. The number of piperidine rings is 1. The van der Waals surface area contributed by atoms with Crippen molar-refractivity contribution in [2.45, 2.75) is 64.3 Å². The molecule has 3 aromatic rings. The summed E-state index contributed by atoms with van der Waals surface area (Å²) in [6, 6.07) is 8.44. The molecule has 0 spiro atoms. The number of nitrogens with one attached hydrogen (secondary N) is 2. The molecule has 4 rings (SSSR count). The van der Waals surface area contributed by atoms with Crippen molar-refractivity contribution in [2.24, 2.45) is 17.4 Å². The number of rotatable bonds is 12. The largest absolute Gasteiger partial charge is 0.405 e. The first-order valence-corrected chi connectivity index (χ1v) is 14.3. The monoisotopic (exact) mass is 520 g/mol. The van der Waals surface area contributed by atoms with Crippen molar-refractivity contribution in [1.82, 2.24) is 20.2 Å². The second-order valence-corrected chi connectivity index (χ2v) is 11.0. The van der Waals surface area contributed by atoms with Crippen LogP contribution in [0.15, 0.2) is 60.8 Å². The van der Waals surface area contributed by atoms with Gasteiger partial charge >= 0.3 is 0 Å². The SMILES string of the molecule is CCCCC(Cc1c[nH]c2ccccc12)NC(=O)c1cnc(CCC2CCN(C(/C=C\N)=C/N)CC2)s1. The van der Waals surface area contributed by atoms with E-state index in [1.54, 1.807) is 12.4 Å². The maximum Gasteiger partial charge on any atom is 0.263 e. The van der Waals surface area contributed by atoms with Crippen molar-refractivity contribution in [1.29, 1.82) is 0 Å². The van der Waals surface area contributed by atoms with Gasteiger partial charge in [0.05, 0.1) is 16.9 Å². The van der Waals surface area contributed by atoms with Gasteiger partial charge in [-0.25, -0.2) is 4.98 Å². The molecule has 1 aliphatic heterocycles. The molecule has 6 N–H and O–H groups in total. The van der Waals surface area contributed by atoms with Gasteiger partial charge in [0.2, 0.25) is 0 Å². The highest BCUT2D eigenvalue weighted by Crippen LogP contribution is 2.26. The second-order valence-electron chi connectivity index (χ2n) is 9.91. The summed E-state index contributed by atoms with van der Waals surface area (Å²) in [6.07, 6.45) is 17.1. The van der Waals surface area contributed by atoms with Crippen LogP contribution >= 0.6 is 11.3 Å². The molecular weight excluding hydrogens is 480 g/mol. The van der Waals surface area contributed by atoms with E-state index in [0.717, 1.165) is 80.7 Å². The number of nitrogens with zero attached hydrogens (tertiary/aromatic N) is 2. The highest BCUT2D eigenvalue weighted by atomic mass is 32.1. The molecule has 1 aliphatic rings. The average molecular weight is 521 g/mol. The third-order valence-corrected chi connectivity index (χ3v) is 8.40. The zero-order valence-corrected chi connectivity index (χ0v) is 22.6. The van der Waals surface area contributed by atoms with Crippen LogP contribution in [0.25, 0.3) is 10.9 Å². The second kappa shape index (κ2) is 13.3. The summed E-state index contributed by atoms with van der Waals surface area (Å²) in [7, 11) is 0. The molecule has 0 radical (unpaired) electrons. The van der Waals surface area contributed by atoms with Crippen molar-refractivity contribution >= 4 is 28.1 Å². The van der Waals surface area contributed by atoms with E-state index in [0.29, 0.717) is 10.8 Å². The fourth-order valence-corrected chi connectivity index (χ4v) is 6.04. The van der Waals surface area contributed by atoms with Crippen molar-refractivity contribution in [3.05, 3.63) is 76.3 Å². The van der Waals surface area contributed by atoms with Crippen LogP contribution in [0, 0.1) is 5.92 Å². The number of unbranched alkanes of at least 4 members (excludes halogenated alkanes) is 1. The van der Waals surface area contributed by atoms with Crippen molar-refractivity contribution < 1.29 is 4.79 Å². The number of likely N-dealkylation sites (tertiary alicyclic amines) is 1. The van der Waals surface area contributed by atoms with Crippen LogP contribution < -0.4 is 16.8 Å². The van der Waals surface area contributed by atoms with Gasteiger partial charge in [-0.15, -0.1) is 11.3 Å². The number of benzene rings is 1. The first kappa shape index (κ1) is 26.8. The molecule has 8 heteroatoms. The molecule has 1 saturated heterocycles. The Morgan fingerprint density at radius 2 is 2.11 bits per heavy atom. The zero-order chi connectivity index (χ0) is 26.0. The van der Waals surface area contributed by atoms with E-state index < -0.39 is 0 Å². The third kappa shape index (κ3) is 7.16. The molecule has 0 bridgehead atoms. The number of carbonyl (C=O) groups is 1. The van der Waals surface area contributed by atoms with Gasteiger partial charge in [-0.2, -0.15) is 0 Å². The number of fused-ring (bicyclic) bond motifs is 1. The molecular formula is C29H40N6OS. The van der Waals surface area contributed by atoms with Gasteiger partial charge in [0.15, 0.2) is 0 Å². The molecule has 1 unspecified atom stereocenters. The highest BCUT2D eigenvalue weighted by Gasteiger charge is 2.21. The van der Waals surface area contributed by atoms with Crippen LogP contribution in [0.1, 0.15) is 65.7 Å². The molecule has 2 aromatic heterocycles. The van der Waals surface area contributed by atoms with Gasteiger partial charge in [0.1, 0.15) is 4.88 Å². The fraction of sp³-hybridized carbons (Fsp3) is 0.448. The lowest BCUT2D eigenvalue weighted by molar-refractivity contribution is 0.0938. The Morgan fingerprint density at radius 3 is 2.86 bits per heavy atom. The number of amides is 1. The summed E-state index contributed by atoms with van der Waals surface area (Å²) >= 11 is 1.53. The van der Waals surface area contributed by atoms with E-state index in [9.17, 15) is 4.79 Å². The van der Waals surface area contributed by atoms with E-state index in [4.69, 9.17) is 11.5 Å². The number of hydrogen-bond donors (Lipinski definition) is 4. The Morgan fingerprint density at radius 1 is 1.30 bits per heavy atom. The fourth-order valence-electron chi connectivity index (χ4n) is 5.20. The van der Waals surface area contributed by atoms with Crippen LogP contribution in [-0.4, -0.2) is 39.9 Å². The van der Waals surface area contributed by atoms with Gasteiger partial charge in [-0.05, 0) is 68.3 Å². The Kier molecular flexibility index (Phi) is 9.65. The van der Waals surface area contributed by atoms with E-state index in [-0.39, 0.29) is 11.9 Å². The normalized spacial score (nSPS) is 16.0. The molecule has 1 amide bonds. The van der Waals surface area contributed by atoms with E-state index in [1.165, 1.54) is 28.5 Å². The van der Waals surface area contributed by atoms with Gasteiger partial charge in [-0.1, -0.05) is 38.0 Å². The molecule has 3 heterocycles.